The molecular weight excluding hydrogens is 200 g/mol. The van der Waals surface area contributed by atoms with E-state index in [2.05, 4.69) is 4.98 Å². The first-order valence-corrected chi connectivity index (χ1v) is 4.36. The molecule has 1 heterocycles. The highest BCUT2D eigenvalue weighted by Gasteiger charge is 2.18. The summed E-state index contributed by atoms with van der Waals surface area (Å²) in [7, 11) is 0. The second kappa shape index (κ2) is 3.23. The zero-order valence-corrected chi connectivity index (χ0v) is 7.64. The molecule has 0 fully saturated rings. The number of fused-ring (bicyclic) bond motifs is 1. The van der Waals surface area contributed by atoms with Gasteiger partial charge >= 0.3 is 0 Å². The predicted molar refractivity (Wildman–Crippen MR) is 52.3 cm³/mol. The fraction of sp³-hybridized carbons (Fsp3) is 0.222. The lowest BCUT2D eigenvalue weighted by atomic mass is 10.1. The number of nitrogens with zero attached hydrogens (tertiary/aromatic N) is 1. The molecule has 1 aliphatic rings. The average Bonchev–Trinajstić information content (AvgIpc) is 2.16. The summed E-state index contributed by atoms with van der Waals surface area (Å²) in [5.74, 6) is -0.225. The van der Waals surface area contributed by atoms with Crippen LogP contribution in [0, 0.1) is 10.1 Å². The summed E-state index contributed by atoms with van der Waals surface area (Å²) >= 11 is 0. The smallest absolute Gasteiger partial charge is 0.252 e. The number of aromatic nitrogens is 1. The molecule has 1 aromatic heterocycles. The highest BCUT2D eigenvalue weighted by molar-refractivity contribution is 5.44. The van der Waals surface area contributed by atoms with Crippen LogP contribution in [0.1, 0.15) is 6.42 Å². The van der Waals surface area contributed by atoms with Gasteiger partial charge < -0.3 is 10.1 Å². The van der Waals surface area contributed by atoms with Crippen LogP contribution in [0.5, 0.6) is 5.75 Å². The molecule has 0 spiro atoms. The Bertz CT molecular complexity index is 587. The normalized spacial score (nSPS) is 18.5. The van der Waals surface area contributed by atoms with Gasteiger partial charge in [0.25, 0.3) is 5.56 Å². The quantitative estimate of drug-likeness (QED) is 0.442. The number of aromatic amines is 1. The van der Waals surface area contributed by atoms with E-state index in [1.807, 2.05) is 0 Å². The summed E-state index contributed by atoms with van der Waals surface area (Å²) in [6, 6.07) is 0.167. The average molecular weight is 208 g/mol. The van der Waals surface area contributed by atoms with Crippen LogP contribution in [0.2, 0.25) is 0 Å². The molecule has 6 nitrogen and oxygen atoms in total. The topological polar surface area (TPSA) is 96.2 Å². The van der Waals surface area contributed by atoms with Crippen molar-refractivity contribution < 1.29 is 10.0 Å². The van der Waals surface area contributed by atoms with E-state index >= 15 is 0 Å². The summed E-state index contributed by atoms with van der Waals surface area (Å²) in [5.41, 5.74) is -0.421. The van der Waals surface area contributed by atoms with E-state index in [0.717, 1.165) is 6.07 Å². The minimum Gasteiger partial charge on any atom is -0.507 e. The molecule has 1 atom stereocenters. The van der Waals surface area contributed by atoms with Gasteiger partial charge in [-0.05, 0) is 0 Å². The van der Waals surface area contributed by atoms with Crippen LogP contribution in [0.3, 0.4) is 0 Å². The molecule has 0 amide bonds. The summed E-state index contributed by atoms with van der Waals surface area (Å²) in [6.45, 7) is 0. The molecule has 1 aliphatic carbocycles. The van der Waals surface area contributed by atoms with Crippen LogP contribution < -0.4 is 16.1 Å². The Balaban J connectivity index is 2.72. The van der Waals surface area contributed by atoms with Crippen molar-refractivity contribution >= 4 is 12.2 Å². The molecule has 1 unspecified atom stereocenters. The Hall–Kier alpha value is -2.11. The van der Waals surface area contributed by atoms with E-state index in [1.54, 1.807) is 6.08 Å². The molecule has 2 N–H and O–H groups in total. The molecule has 15 heavy (non-hydrogen) atoms. The zero-order valence-electron chi connectivity index (χ0n) is 7.64. The summed E-state index contributed by atoms with van der Waals surface area (Å²) in [4.78, 5) is 23.6. The first kappa shape index (κ1) is 9.45. The van der Waals surface area contributed by atoms with Crippen molar-refractivity contribution in [3.63, 3.8) is 0 Å². The lowest BCUT2D eigenvalue weighted by Crippen LogP contribution is -2.39. The second-order valence-corrected chi connectivity index (χ2v) is 3.31. The van der Waals surface area contributed by atoms with E-state index in [9.17, 15) is 20.0 Å². The van der Waals surface area contributed by atoms with Gasteiger partial charge in [-0.1, -0.05) is 6.08 Å². The molecule has 0 saturated carbocycles. The van der Waals surface area contributed by atoms with Crippen LogP contribution in [-0.2, 0) is 0 Å². The maximum atomic E-state index is 11.0. The lowest BCUT2D eigenvalue weighted by molar-refractivity contribution is -0.503. The van der Waals surface area contributed by atoms with Gasteiger partial charge in [0.1, 0.15) is 5.75 Å². The Morgan fingerprint density at radius 2 is 2.33 bits per heavy atom. The van der Waals surface area contributed by atoms with E-state index in [0.29, 0.717) is 10.6 Å². The first-order chi connectivity index (χ1) is 7.08. The molecule has 0 aromatic carbocycles. The third-order valence-electron chi connectivity index (χ3n) is 2.29. The van der Waals surface area contributed by atoms with E-state index in [-0.39, 0.29) is 12.2 Å². The number of pyridine rings is 1. The molecule has 0 bridgehead atoms. The molecule has 0 saturated heterocycles. The highest BCUT2D eigenvalue weighted by atomic mass is 16.6. The van der Waals surface area contributed by atoms with Gasteiger partial charge in [0.05, 0.1) is 0 Å². The molecule has 1 aromatic rings. The van der Waals surface area contributed by atoms with Crippen molar-refractivity contribution in [2.24, 2.45) is 0 Å². The van der Waals surface area contributed by atoms with E-state index in [1.165, 1.54) is 6.08 Å². The second-order valence-electron chi connectivity index (χ2n) is 3.31. The van der Waals surface area contributed by atoms with Crippen molar-refractivity contribution in [3.05, 3.63) is 37.1 Å². The Labute approximate surface area is 83.3 Å². The van der Waals surface area contributed by atoms with E-state index < -0.39 is 16.5 Å². The van der Waals surface area contributed by atoms with Crippen molar-refractivity contribution in [2.75, 3.05) is 0 Å². The van der Waals surface area contributed by atoms with Crippen molar-refractivity contribution in [2.45, 2.75) is 12.5 Å². The molecule has 6 heteroatoms. The van der Waals surface area contributed by atoms with Gasteiger partial charge in [0.2, 0.25) is 6.04 Å². The minimum atomic E-state index is -0.839. The maximum absolute atomic E-state index is 11.0. The third kappa shape index (κ3) is 1.61. The monoisotopic (exact) mass is 208 g/mol. The van der Waals surface area contributed by atoms with Crippen molar-refractivity contribution in [1.29, 1.82) is 0 Å². The van der Waals surface area contributed by atoms with Crippen LogP contribution in [0.4, 0.5) is 0 Å². The number of nitrogens with one attached hydrogen (secondary N) is 1. The van der Waals surface area contributed by atoms with E-state index in [4.69, 9.17) is 0 Å². The molecule has 2 rings (SSSR count). The summed E-state index contributed by atoms with van der Waals surface area (Å²) in [5, 5.41) is 20.8. The predicted octanol–water partition coefficient (Wildman–Crippen LogP) is -1.31. The van der Waals surface area contributed by atoms with Crippen LogP contribution in [0.15, 0.2) is 10.9 Å². The largest absolute Gasteiger partial charge is 0.507 e. The van der Waals surface area contributed by atoms with Crippen LogP contribution >= 0.6 is 0 Å². The maximum Gasteiger partial charge on any atom is 0.252 e. The molecule has 78 valence electrons. The number of hydrogen-bond acceptors (Lipinski definition) is 4. The van der Waals surface area contributed by atoms with Crippen molar-refractivity contribution in [1.82, 2.24) is 4.98 Å². The standard InChI is InChI=1S/C9H8N2O4/c12-8-4-9(13)10-7-2-1-5(11(14)15)3-6(7)8/h2-5,12H,1H2,(H,10,13). The SMILES string of the molecule is O=c1cc(O)c2c([nH]1)=CCC([N+](=O)[O-])C=2. The number of aromatic hydroxyl groups is 1. The number of hydrogen-bond donors (Lipinski definition) is 2. The first-order valence-electron chi connectivity index (χ1n) is 4.36. The fourth-order valence-electron chi connectivity index (χ4n) is 1.56. The molecule has 0 radical (unpaired) electrons. The zero-order chi connectivity index (χ0) is 11.0. The Morgan fingerprint density at radius 3 is 3.00 bits per heavy atom. The Morgan fingerprint density at radius 1 is 1.60 bits per heavy atom. The van der Waals surface area contributed by atoms with Crippen LogP contribution in [-0.4, -0.2) is 21.1 Å². The lowest BCUT2D eigenvalue weighted by Gasteiger charge is -2.06. The number of H-pyrrole nitrogens is 1. The number of rotatable bonds is 1. The van der Waals surface area contributed by atoms with Crippen molar-refractivity contribution in [3.8, 4) is 5.75 Å². The van der Waals surface area contributed by atoms with Gasteiger partial charge in [0.15, 0.2) is 0 Å². The van der Waals surface area contributed by atoms with Gasteiger partial charge in [-0.3, -0.25) is 14.9 Å². The highest BCUT2D eigenvalue weighted by Crippen LogP contribution is 2.04. The number of nitro groups is 1. The molecule has 0 aliphatic heterocycles. The minimum absolute atomic E-state index is 0.222. The van der Waals surface area contributed by atoms with Crippen LogP contribution in [0.25, 0.3) is 12.2 Å². The van der Waals surface area contributed by atoms with Gasteiger partial charge in [-0.15, -0.1) is 0 Å². The molecular formula is C9H8N2O4. The fourth-order valence-corrected chi connectivity index (χ4v) is 1.56. The van der Waals surface area contributed by atoms with Gasteiger partial charge in [0, 0.05) is 34.1 Å². The summed E-state index contributed by atoms with van der Waals surface area (Å²) < 4.78 is 0. The van der Waals surface area contributed by atoms with Gasteiger partial charge in [-0.2, -0.15) is 0 Å². The van der Waals surface area contributed by atoms with Gasteiger partial charge in [-0.25, -0.2) is 0 Å². The summed E-state index contributed by atoms with van der Waals surface area (Å²) in [6.07, 6.45) is 3.12. The Kier molecular flexibility index (Phi) is 2.03. The third-order valence-corrected chi connectivity index (χ3v) is 2.29.